The first-order chi connectivity index (χ1) is 15.6. The van der Waals surface area contributed by atoms with E-state index in [4.69, 9.17) is 0 Å². The Morgan fingerprint density at radius 2 is 1.75 bits per heavy atom. The van der Waals surface area contributed by atoms with Crippen LogP contribution in [0.5, 0.6) is 0 Å². The minimum atomic E-state index is -0.796. The molecule has 4 rings (SSSR count). The largest absolute Gasteiger partial charge is 0.340 e. The molecular formula is C25H23N3O3S. The van der Waals surface area contributed by atoms with Gasteiger partial charge in [-0.25, -0.2) is 0 Å². The summed E-state index contributed by atoms with van der Waals surface area (Å²) in [6.45, 7) is 0.343. The summed E-state index contributed by atoms with van der Waals surface area (Å²) in [6, 6.07) is 21.6. The van der Waals surface area contributed by atoms with Crippen molar-refractivity contribution in [1.82, 2.24) is 15.2 Å². The normalized spacial score (nSPS) is 16.6. The Morgan fingerprint density at radius 3 is 2.44 bits per heavy atom. The van der Waals surface area contributed by atoms with Crippen LogP contribution >= 0.6 is 11.8 Å². The number of hydrogen-bond donors (Lipinski definition) is 1. The summed E-state index contributed by atoms with van der Waals surface area (Å²) in [6.07, 6.45) is 3.70. The van der Waals surface area contributed by atoms with Crippen LogP contribution in [0.2, 0.25) is 0 Å². The van der Waals surface area contributed by atoms with Gasteiger partial charge in [-0.3, -0.25) is 19.4 Å². The highest BCUT2D eigenvalue weighted by molar-refractivity contribution is 8.00. The lowest BCUT2D eigenvalue weighted by atomic mass is 10.0. The summed E-state index contributed by atoms with van der Waals surface area (Å²) in [5.41, 5.74) is 1.31. The van der Waals surface area contributed by atoms with Crippen LogP contribution in [0.15, 0.2) is 90.1 Å². The van der Waals surface area contributed by atoms with Gasteiger partial charge in [0, 0.05) is 36.7 Å². The number of nitrogens with one attached hydrogen (secondary N) is 1. The Hall–Kier alpha value is -3.45. The van der Waals surface area contributed by atoms with Gasteiger partial charge in [0.15, 0.2) is 5.78 Å². The van der Waals surface area contributed by atoms with E-state index in [0.717, 1.165) is 10.5 Å². The fourth-order valence-corrected chi connectivity index (χ4v) is 4.77. The average Bonchev–Trinajstić information content (AvgIpc) is 3.20. The number of pyridine rings is 1. The predicted molar refractivity (Wildman–Crippen MR) is 123 cm³/mol. The number of thioether (sulfide) groups is 1. The third kappa shape index (κ3) is 5.23. The van der Waals surface area contributed by atoms with Crippen molar-refractivity contribution in [2.45, 2.75) is 29.2 Å². The number of ketones is 1. The third-order valence-electron chi connectivity index (χ3n) is 5.24. The quantitative estimate of drug-likeness (QED) is 0.603. The molecule has 3 aromatic rings. The van der Waals surface area contributed by atoms with Crippen molar-refractivity contribution in [3.63, 3.8) is 0 Å². The zero-order chi connectivity index (χ0) is 22.3. The van der Waals surface area contributed by atoms with Crippen molar-refractivity contribution in [3.8, 4) is 0 Å². The predicted octanol–water partition coefficient (Wildman–Crippen LogP) is 3.34. The standard InChI is InChI=1S/C25H23N3O3S/c29-22-13-15-28(25(22)32-20-11-5-2-6-12-20)24(31)21(16-18-8-3-1-4-9-18)27-23(30)19-10-7-14-26-17-19/h1-12,14,17,21,25H,13,15-16H2,(H,27,30)/t21-,25?/m0/s1. The monoisotopic (exact) mass is 445 g/mol. The highest BCUT2D eigenvalue weighted by Crippen LogP contribution is 2.31. The lowest BCUT2D eigenvalue weighted by Crippen LogP contribution is -2.51. The molecule has 1 aliphatic rings. The highest BCUT2D eigenvalue weighted by atomic mass is 32.2. The number of aromatic nitrogens is 1. The smallest absolute Gasteiger partial charge is 0.253 e. The van der Waals surface area contributed by atoms with E-state index in [2.05, 4.69) is 10.3 Å². The Morgan fingerprint density at radius 1 is 1.03 bits per heavy atom. The topological polar surface area (TPSA) is 79.4 Å². The summed E-state index contributed by atoms with van der Waals surface area (Å²) >= 11 is 1.37. The molecule has 0 saturated carbocycles. The lowest BCUT2D eigenvalue weighted by Gasteiger charge is -2.28. The van der Waals surface area contributed by atoms with Crippen LogP contribution in [0.1, 0.15) is 22.3 Å². The number of benzene rings is 2. The number of rotatable bonds is 7. The van der Waals surface area contributed by atoms with Gasteiger partial charge < -0.3 is 10.2 Å². The number of hydrogen-bond acceptors (Lipinski definition) is 5. The number of amides is 2. The fourth-order valence-electron chi connectivity index (χ4n) is 3.62. The molecule has 1 fully saturated rings. The van der Waals surface area contributed by atoms with Crippen molar-refractivity contribution < 1.29 is 14.4 Å². The molecule has 162 valence electrons. The van der Waals surface area contributed by atoms with Crippen molar-refractivity contribution in [3.05, 3.63) is 96.3 Å². The Labute approximate surface area is 191 Å². The van der Waals surface area contributed by atoms with E-state index in [1.807, 2.05) is 60.7 Å². The van der Waals surface area contributed by atoms with Gasteiger partial charge in [0.05, 0.1) is 5.56 Å². The summed E-state index contributed by atoms with van der Waals surface area (Å²) < 4.78 is 0. The van der Waals surface area contributed by atoms with Crippen LogP contribution < -0.4 is 5.32 Å². The maximum absolute atomic E-state index is 13.6. The maximum atomic E-state index is 13.6. The number of carbonyl (C=O) groups is 3. The first-order valence-corrected chi connectivity index (χ1v) is 11.3. The Balaban J connectivity index is 1.56. The zero-order valence-electron chi connectivity index (χ0n) is 17.4. The molecule has 2 atom stereocenters. The van der Waals surface area contributed by atoms with E-state index >= 15 is 0 Å². The molecule has 2 amide bonds. The first kappa shape index (κ1) is 21.8. The second kappa shape index (κ2) is 10.2. The summed E-state index contributed by atoms with van der Waals surface area (Å²) in [4.78, 5) is 45.5. The van der Waals surface area contributed by atoms with Gasteiger partial charge in [0.1, 0.15) is 11.4 Å². The van der Waals surface area contributed by atoms with E-state index in [1.165, 1.54) is 18.0 Å². The van der Waals surface area contributed by atoms with E-state index in [9.17, 15) is 14.4 Å². The van der Waals surface area contributed by atoms with Crippen LogP contribution in [0.3, 0.4) is 0 Å². The molecular weight excluding hydrogens is 422 g/mol. The number of nitrogens with zero attached hydrogens (tertiary/aromatic N) is 2. The first-order valence-electron chi connectivity index (χ1n) is 10.4. The SMILES string of the molecule is O=C(N[C@@H](Cc1ccccc1)C(=O)N1CCC(=O)C1Sc1ccccc1)c1cccnc1. The molecule has 0 bridgehead atoms. The third-order valence-corrected chi connectivity index (χ3v) is 6.53. The van der Waals surface area contributed by atoms with Gasteiger partial charge in [-0.05, 0) is 29.8 Å². The van der Waals surface area contributed by atoms with Gasteiger partial charge in [-0.2, -0.15) is 0 Å². The number of likely N-dealkylation sites (tertiary alicyclic amines) is 1. The molecule has 32 heavy (non-hydrogen) atoms. The molecule has 6 nitrogen and oxygen atoms in total. The number of Topliss-reactive ketones (excluding diaryl/α,β-unsaturated/α-hetero) is 1. The molecule has 1 aromatic heterocycles. The van der Waals surface area contributed by atoms with Gasteiger partial charge in [0.25, 0.3) is 5.91 Å². The summed E-state index contributed by atoms with van der Waals surface area (Å²) in [7, 11) is 0. The van der Waals surface area contributed by atoms with E-state index in [-0.39, 0.29) is 17.6 Å². The molecule has 0 aliphatic carbocycles. The van der Waals surface area contributed by atoms with Crippen LogP contribution in [0.4, 0.5) is 0 Å². The molecule has 7 heteroatoms. The maximum Gasteiger partial charge on any atom is 0.253 e. The van der Waals surface area contributed by atoms with Gasteiger partial charge in [-0.15, -0.1) is 0 Å². The zero-order valence-corrected chi connectivity index (χ0v) is 18.2. The molecule has 1 aliphatic heterocycles. The summed E-state index contributed by atoms with van der Waals surface area (Å²) in [5.74, 6) is -0.611. The van der Waals surface area contributed by atoms with E-state index < -0.39 is 11.4 Å². The second-order valence-corrected chi connectivity index (χ2v) is 8.64. The Kier molecular flexibility index (Phi) is 6.97. The molecule has 1 N–H and O–H groups in total. The van der Waals surface area contributed by atoms with Crippen LogP contribution in [0, 0.1) is 0 Å². The molecule has 2 aromatic carbocycles. The molecule has 1 saturated heterocycles. The molecule has 2 heterocycles. The lowest BCUT2D eigenvalue weighted by molar-refractivity contribution is -0.134. The van der Waals surface area contributed by atoms with Crippen molar-refractivity contribution in [2.75, 3.05) is 6.54 Å². The van der Waals surface area contributed by atoms with Gasteiger partial charge in [0.2, 0.25) is 5.91 Å². The molecule has 0 spiro atoms. The Bertz CT molecular complexity index is 1080. The van der Waals surface area contributed by atoms with Crippen LogP contribution in [-0.4, -0.2) is 45.4 Å². The minimum absolute atomic E-state index is 0.0178. The minimum Gasteiger partial charge on any atom is -0.340 e. The average molecular weight is 446 g/mol. The molecule has 0 radical (unpaired) electrons. The highest BCUT2D eigenvalue weighted by Gasteiger charge is 2.39. The van der Waals surface area contributed by atoms with Crippen molar-refractivity contribution in [1.29, 1.82) is 0 Å². The van der Waals surface area contributed by atoms with Crippen molar-refractivity contribution in [2.24, 2.45) is 0 Å². The second-order valence-electron chi connectivity index (χ2n) is 7.49. The fraction of sp³-hybridized carbons (Fsp3) is 0.200. The van der Waals surface area contributed by atoms with E-state index in [1.54, 1.807) is 23.2 Å². The van der Waals surface area contributed by atoms with Crippen LogP contribution in [-0.2, 0) is 16.0 Å². The van der Waals surface area contributed by atoms with Crippen LogP contribution in [0.25, 0.3) is 0 Å². The van der Waals surface area contributed by atoms with E-state index in [0.29, 0.717) is 24.9 Å². The van der Waals surface area contributed by atoms with Gasteiger partial charge in [-0.1, -0.05) is 60.3 Å². The molecule has 1 unspecified atom stereocenters. The van der Waals surface area contributed by atoms with Crippen molar-refractivity contribution >= 4 is 29.4 Å². The summed E-state index contributed by atoms with van der Waals surface area (Å²) in [5, 5.41) is 2.27. The van der Waals surface area contributed by atoms with Gasteiger partial charge >= 0.3 is 0 Å². The number of carbonyl (C=O) groups excluding carboxylic acids is 3.